The van der Waals surface area contributed by atoms with Gasteiger partial charge < -0.3 is 29.7 Å². The molecule has 0 bridgehead atoms. The molecule has 2 N–H and O–H groups in total. The Kier molecular flexibility index (Phi) is 9.12. The number of anilines is 2. The van der Waals surface area contributed by atoms with Gasteiger partial charge in [0.2, 0.25) is 0 Å². The molecule has 4 rings (SSSR count). The molecule has 206 valence electrons. The van der Waals surface area contributed by atoms with E-state index in [1.807, 2.05) is 0 Å². The third kappa shape index (κ3) is 7.17. The summed E-state index contributed by atoms with van der Waals surface area (Å²) in [6.07, 6.45) is 2.47. The lowest BCUT2D eigenvalue weighted by atomic mass is 10.0. The number of carbonyl (C=O) groups excluding carboxylic acids is 2. The lowest BCUT2D eigenvalue weighted by Crippen LogP contribution is -2.47. The van der Waals surface area contributed by atoms with Crippen LogP contribution in [0.2, 0.25) is 0 Å². The molecule has 3 amide bonds. The number of carbonyl (C=O) groups is 2. The summed E-state index contributed by atoms with van der Waals surface area (Å²) in [5, 5.41) is 5.61. The molecule has 9 heteroatoms. The topological polar surface area (TPSA) is 92.4 Å². The molecule has 0 aromatic heterocycles. The number of nitrogens with one attached hydrogen (secondary N) is 2. The van der Waals surface area contributed by atoms with Crippen molar-refractivity contribution in [3.63, 3.8) is 0 Å². The highest BCUT2D eigenvalue weighted by Crippen LogP contribution is 2.32. The Balaban J connectivity index is 1.55. The van der Waals surface area contributed by atoms with Crippen LogP contribution in [-0.4, -0.2) is 81.4 Å². The van der Waals surface area contributed by atoms with E-state index in [0.717, 1.165) is 19.0 Å². The SMILES string of the molecule is COc1cccc(NC(=O)Nc2ccc3c(c2)C(=O)N(C)C[C@@H](OC)[C@H](C)CN(CC2CC2)[C@H](C)CO3)c1. The van der Waals surface area contributed by atoms with Gasteiger partial charge in [-0.1, -0.05) is 13.0 Å². The standard InChI is InChI=1S/C29H40N4O5/c1-19-15-33(16-21-9-10-21)20(2)18-38-26-12-11-23(14-25(26)28(34)32(3)17-27(19)37-5)31-29(35)30-22-7-6-8-24(13-22)36-4/h6-8,11-14,19-21,27H,9-10,15-18H2,1-5H3,(H2,30,31,35)/t19-,20-,27-/m1/s1. The van der Waals surface area contributed by atoms with Crippen LogP contribution in [0, 0.1) is 11.8 Å². The molecular weight excluding hydrogens is 484 g/mol. The molecule has 9 nitrogen and oxygen atoms in total. The predicted octanol–water partition coefficient (Wildman–Crippen LogP) is 4.56. The Morgan fingerprint density at radius 1 is 1.05 bits per heavy atom. The zero-order chi connectivity index (χ0) is 27.2. The van der Waals surface area contributed by atoms with E-state index in [0.29, 0.717) is 41.6 Å². The Morgan fingerprint density at radius 3 is 2.47 bits per heavy atom. The fourth-order valence-electron chi connectivity index (χ4n) is 4.81. The van der Waals surface area contributed by atoms with E-state index in [1.165, 1.54) is 12.8 Å². The quantitative estimate of drug-likeness (QED) is 0.576. The number of hydrogen-bond acceptors (Lipinski definition) is 6. The number of ether oxygens (including phenoxy) is 3. The van der Waals surface area contributed by atoms with Crippen molar-refractivity contribution in [3.05, 3.63) is 48.0 Å². The Bertz CT molecular complexity index is 1120. The third-order valence-corrected chi connectivity index (χ3v) is 7.35. The molecule has 38 heavy (non-hydrogen) atoms. The summed E-state index contributed by atoms with van der Waals surface area (Å²) >= 11 is 0. The maximum absolute atomic E-state index is 13.6. The van der Waals surface area contributed by atoms with Gasteiger partial charge in [0.1, 0.15) is 18.1 Å². The van der Waals surface area contributed by atoms with Crippen LogP contribution in [0.5, 0.6) is 11.5 Å². The molecule has 1 aliphatic heterocycles. The minimum atomic E-state index is -0.425. The van der Waals surface area contributed by atoms with E-state index in [1.54, 1.807) is 68.6 Å². The molecule has 0 spiro atoms. The second-order valence-corrected chi connectivity index (χ2v) is 10.5. The first-order valence-corrected chi connectivity index (χ1v) is 13.3. The second kappa shape index (κ2) is 12.5. The van der Waals surface area contributed by atoms with Crippen molar-refractivity contribution in [3.8, 4) is 11.5 Å². The van der Waals surface area contributed by atoms with E-state index in [4.69, 9.17) is 14.2 Å². The van der Waals surface area contributed by atoms with Gasteiger partial charge >= 0.3 is 6.03 Å². The molecule has 3 atom stereocenters. The van der Waals surface area contributed by atoms with Gasteiger partial charge in [0, 0.05) is 57.3 Å². The summed E-state index contributed by atoms with van der Waals surface area (Å²) in [5.41, 5.74) is 1.48. The van der Waals surface area contributed by atoms with Crippen LogP contribution in [-0.2, 0) is 4.74 Å². The minimum absolute atomic E-state index is 0.100. The molecule has 1 fully saturated rings. The highest BCUT2D eigenvalue weighted by molar-refractivity contribution is 6.02. The van der Waals surface area contributed by atoms with Crippen LogP contribution in [0.4, 0.5) is 16.2 Å². The van der Waals surface area contributed by atoms with Crippen LogP contribution < -0.4 is 20.1 Å². The molecule has 2 aromatic rings. The van der Waals surface area contributed by atoms with Gasteiger partial charge in [-0.2, -0.15) is 0 Å². The number of benzene rings is 2. The Morgan fingerprint density at radius 2 is 1.79 bits per heavy atom. The normalized spacial score (nSPS) is 22.9. The first-order chi connectivity index (χ1) is 18.3. The van der Waals surface area contributed by atoms with Crippen LogP contribution in [0.3, 0.4) is 0 Å². The summed E-state index contributed by atoms with van der Waals surface area (Å²) in [6.45, 7) is 7.22. The number of amides is 3. The molecule has 1 saturated carbocycles. The molecule has 1 heterocycles. The van der Waals surface area contributed by atoms with Crippen molar-refractivity contribution in [1.82, 2.24) is 9.80 Å². The van der Waals surface area contributed by atoms with E-state index in [-0.39, 0.29) is 24.0 Å². The summed E-state index contributed by atoms with van der Waals surface area (Å²) in [4.78, 5) is 30.4. The summed E-state index contributed by atoms with van der Waals surface area (Å²) in [7, 11) is 5.05. The fraction of sp³-hybridized carbons (Fsp3) is 0.517. The van der Waals surface area contributed by atoms with Crippen LogP contribution in [0.25, 0.3) is 0 Å². The molecule has 0 radical (unpaired) electrons. The Labute approximate surface area is 225 Å². The number of hydrogen-bond donors (Lipinski definition) is 2. The van der Waals surface area contributed by atoms with Gasteiger partial charge in [0.15, 0.2) is 0 Å². The monoisotopic (exact) mass is 524 g/mol. The molecule has 0 saturated heterocycles. The van der Waals surface area contributed by atoms with Crippen LogP contribution in [0.1, 0.15) is 37.0 Å². The van der Waals surface area contributed by atoms with Crippen molar-refractivity contribution in [2.75, 3.05) is 58.1 Å². The number of methoxy groups -OCH3 is 2. The lowest BCUT2D eigenvalue weighted by Gasteiger charge is -2.36. The highest BCUT2D eigenvalue weighted by atomic mass is 16.5. The summed E-state index contributed by atoms with van der Waals surface area (Å²) < 4.78 is 17.3. The zero-order valence-corrected chi connectivity index (χ0v) is 23.0. The molecule has 2 aromatic carbocycles. The van der Waals surface area contributed by atoms with Crippen molar-refractivity contribution >= 4 is 23.3 Å². The van der Waals surface area contributed by atoms with Gasteiger partial charge in [0.25, 0.3) is 5.91 Å². The Hall–Kier alpha value is -3.30. The molecule has 1 aliphatic carbocycles. The predicted molar refractivity (Wildman–Crippen MR) is 148 cm³/mol. The average molecular weight is 525 g/mol. The lowest BCUT2D eigenvalue weighted by molar-refractivity contribution is 0.00994. The highest BCUT2D eigenvalue weighted by Gasteiger charge is 2.31. The molecule has 2 aliphatic rings. The van der Waals surface area contributed by atoms with Gasteiger partial charge in [-0.25, -0.2) is 4.79 Å². The second-order valence-electron chi connectivity index (χ2n) is 10.5. The van der Waals surface area contributed by atoms with E-state index < -0.39 is 6.03 Å². The number of urea groups is 1. The van der Waals surface area contributed by atoms with E-state index in [9.17, 15) is 9.59 Å². The number of likely N-dealkylation sites (N-methyl/N-ethyl adjacent to an activating group) is 1. The van der Waals surface area contributed by atoms with Crippen molar-refractivity contribution < 1.29 is 23.8 Å². The first-order valence-electron chi connectivity index (χ1n) is 13.3. The van der Waals surface area contributed by atoms with Crippen LogP contribution in [0.15, 0.2) is 42.5 Å². The van der Waals surface area contributed by atoms with E-state index in [2.05, 4.69) is 29.4 Å². The average Bonchev–Trinajstić information content (AvgIpc) is 3.73. The van der Waals surface area contributed by atoms with Gasteiger partial charge in [0.05, 0.1) is 18.8 Å². The van der Waals surface area contributed by atoms with E-state index >= 15 is 0 Å². The number of rotatable bonds is 6. The smallest absolute Gasteiger partial charge is 0.323 e. The maximum atomic E-state index is 13.6. The summed E-state index contributed by atoms with van der Waals surface area (Å²) in [5.74, 6) is 1.95. The molecular formula is C29H40N4O5. The molecule has 0 unspecified atom stereocenters. The first kappa shape index (κ1) is 27.7. The van der Waals surface area contributed by atoms with Gasteiger partial charge in [-0.15, -0.1) is 0 Å². The third-order valence-electron chi connectivity index (χ3n) is 7.35. The maximum Gasteiger partial charge on any atom is 0.323 e. The van der Waals surface area contributed by atoms with Crippen molar-refractivity contribution in [2.45, 2.75) is 38.8 Å². The van der Waals surface area contributed by atoms with Gasteiger partial charge in [-0.3, -0.25) is 9.69 Å². The zero-order valence-electron chi connectivity index (χ0n) is 23.0. The van der Waals surface area contributed by atoms with Crippen LogP contribution >= 0.6 is 0 Å². The fourth-order valence-corrected chi connectivity index (χ4v) is 4.81. The summed E-state index contributed by atoms with van der Waals surface area (Å²) in [6, 6.07) is 12.0. The minimum Gasteiger partial charge on any atom is -0.497 e. The van der Waals surface area contributed by atoms with Crippen molar-refractivity contribution in [1.29, 1.82) is 0 Å². The number of nitrogens with zero attached hydrogens (tertiary/aromatic N) is 2. The number of fused-ring (bicyclic) bond motifs is 1. The van der Waals surface area contributed by atoms with Crippen molar-refractivity contribution in [2.24, 2.45) is 11.8 Å². The van der Waals surface area contributed by atoms with Gasteiger partial charge in [-0.05, 0) is 61.9 Å². The largest absolute Gasteiger partial charge is 0.497 e.